The Bertz CT molecular complexity index is 1230. The van der Waals surface area contributed by atoms with E-state index in [4.69, 9.17) is 11.6 Å². The lowest BCUT2D eigenvalue weighted by atomic mass is 10.2. The fourth-order valence-corrected chi connectivity index (χ4v) is 5.73. The van der Waals surface area contributed by atoms with Crippen LogP contribution >= 0.6 is 27.5 Å². The maximum atomic E-state index is 13.5. The van der Waals surface area contributed by atoms with E-state index in [0.717, 1.165) is 15.7 Å². The van der Waals surface area contributed by atoms with Gasteiger partial charge >= 0.3 is 0 Å². The number of halogens is 2. The average molecular weight is 563 g/mol. The van der Waals surface area contributed by atoms with Gasteiger partial charge in [-0.1, -0.05) is 63.9 Å². The maximum Gasteiger partial charge on any atom is 0.243 e. The standard InChI is InChI=1S/C25H25BrClN3O3S/c26-21-9-11-24(12-10-21)34(32,33)30(18-20-5-2-1-3-6-20)19-25(31)29-15-13-28(14-16-29)23-8-4-7-22(27)17-23/h1-12,17H,13-16,18-19H2. The number of anilines is 1. The third-order valence-electron chi connectivity index (χ3n) is 5.77. The van der Waals surface area contributed by atoms with Crippen molar-refractivity contribution < 1.29 is 13.2 Å². The molecule has 0 bridgehead atoms. The fraction of sp³-hybridized carbons (Fsp3) is 0.240. The van der Waals surface area contributed by atoms with Crippen LogP contribution in [0.15, 0.2) is 88.2 Å². The first-order chi connectivity index (χ1) is 16.3. The monoisotopic (exact) mass is 561 g/mol. The Kier molecular flexibility index (Phi) is 7.93. The van der Waals surface area contributed by atoms with Crippen molar-refractivity contribution in [3.63, 3.8) is 0 Å². The second-order valence-corrected chi connectivity index (χ2v) is 11.4. The van der Waals surface area contributed by atoms with Crippen molar-refractivity contribution in [2.75, 3.05) is 37.6 Å². The van der Waals surface area contributed by atoms with Gasteiger partial charge in [0, 0.05) is 47.9 Å². The number of hydrogen-bond donors (Lipinski definition) is 0. The predicted octanol–water partition coefficient (Wildman–Crippen LogP) is 4.64. The van der Waals surface area contributed by atoms with Crippen LogP contribution in [-0.2, 0) is 21.4 Å². The molecule has 3 aromatic rings. The molecule has 1 saturated heterocycles. The number of sulfonamides is 1. The third kappa shape index (κ3) is 5.99. The van der Waals surface area contributed by atoms with Crippen molar-refractivity contribution >= 4 is 49.1 Å². The molecule has 3 aromatic carbocycles. The van der Waals surface area contributed by atoms with Gasteiger partial charge in [0.2, 0.25) is 15.9 Å². The summed E-state index contributed by atoms with van der Waals surface area (Å²) in [5.41, 5.74) is 1.84. The first-order valence-electron chi connectivity index (χ1n) is 10.9. The number of amides is 1. The highest BCUT2D eigenvalue weighted by Crippen LogP contribution is 2.23. The van der Waals surface area contributed by atoms with Gasteiger partial charge in [-0.2, -0.15) is 4.31 Å². The lowest BCUT2D eigenvalue weighted by Crippen LogP contribution is -2.51. The molecule has 0 saturated carbocycles. The van der Waals surface area contributed by atoms with E-state index in [1.807, 2.05) is 54.6 Å². The zero-order valence-corrected chi connectivity index (χ0v) is 21.6. The Morgan fingerprint density at radius 3 is 2.24 bits per heavy atom. The largest absolute Gasteiger partial charge is 0.368 e. The molecule has 0 aliphatic carbocycles. The first kappa shape index (κ1) is 24.7. The molecule has 6 nitrogen and oxygen atoms in total. The van der Waals surface area contributed by atoms with Crippen LogP contribution in [0.5, 0.6) is 0 Å². The minimum Gasteiger partial charge on any atom is -0.368 e. The van der Waals surface area contributed by atoms with Gasteiger partial charge in [0.1, 0.15) is 0 Å². The molecule has 1 heterocycles. The van der Waals surface area contributed by atoms with Crippen LogP contribution in [0.4, 0.5) is 5.69 Å². The lowest BCUT2D eigenvalue weighted by Gasteiger charge is -2.37. The molecular formula is C25H25BrClN3O3S. The highest BCUT2D eigenvalue weighted by molar-refractivity contribution is 9.10. The van der Waals surface area contributed by atoms with E-state index >= 15 is 0 Å². The van der Waals surface area contributed by atoms with Crippen molar-refractivity contribution in [1.29, 1.82) is 0 Å². The number of hydrogen-bond acceptors (Lipinski definition) is 4. The molecule has 4 rings (SSSR count). The Morgan fingerprint density at radius 2 is 1.59 bits per heavy atom. The Labute approximate surface area is 213 Å². The highest BCUT2D eigenvalue weighted by Gasteiger charge is 2.30. The zero-order chi connectivity index (χ0) is 24.1. The summed E-state index contributed by atoms with van der Waals surface area (Å²) in [6.45, 7) is 2.25. The molecule has 1 aliphatic heterocycles. The summed E-state index contributed by atoms with van der Waals surface area (Å²) in [6.07, 6.45) is 0. The van der Waals surface area contributed by atoms with Crippen molar-refractivity contribution in [1.82, 2.24) is 9.21 Å². The summed E-state index contributed by atoms with van der Waals surface area (Å²) in [5.74, 6) is -0.206. The molecule has 1 fully saturated rings. The van der Waals surface area contributed by atoms with E-state index in [9.17, 15) is 13.2 Å². The van der Waals surface area contributed by atoms with Crippen LogP contribution in [-0.4, -0.2) is 56.3 Å². The molecule has 0 spiro atoms. The van der Waals surface area contributed by atoms with Gasteiger partial charge in [0.25, 0.3) is 0 Å². The van der Waals surface area contributed by atoms with Gasteiger partial charge in [-0.05, 0) is 48.0 Å². The van der Waals surface area contributed by atoms with Crippen LogP contribution in [0, 0.1) is 0 Å². The molecule has 1 amide bonds. The smallest absolute Gasteiger partial charge is 0.243 e. The van der Waals surface area contributed by atoms with E-state index < -0.39 is 10.0 Å². The summed E-state index contributed by atoms with van der Waals surface area (Å²) in [7, 11) is -3.87. The van der Waals surface area contributed by atoms with Gasteiger partial charge in [-0.15, -0.1) is 0 Å². The number of benzene rings is 3. The Morgan fingerprint density at radius 1 is 0.912 bits per heavy atom. The van der Waals surface area contributed by atoms with Crippen LogP contribution < -0.4 is 4.90 Å². The zero-order valence-electron chi connectivity index (χ0n) is 18.5. The molecule has 0 N–H and O–H groups in total. The Balaban J connectivity index is 1.48. The van der Waals surface area contributed by atoms with Crippen molar-refractivity contribution in [3.05, 3.63) is 93.9 Å². The molecular weight excluding hydrogens is 538 g/mol. The average Bonchev–Trinajstić information content (AvgIpc) is 2.84. The lowest BCUT2D eigenvalue weighted by molar-refractivity contribution is -0.131. The van der Waals surface area contributed by atoms with Gasteiger partial charge in [-0.25, -0.2) is 8.42 Å². The number of carbonyl (C=O) groups excluding carboxylic acids is 1. The fourth-order valence-electron chi connectivity index (χ4n) is 3.91. The van der Waals surface area contributed by atoms with Gasteiger partial charge < -0.3 is 9.80 Å². The Hall–Kier alpha value is -2.39. The van der Waals surface area contributed by atoms with Gasteiger partial charge in [0.15, 0.2) is 0 Å². The molecule has 0 unspecified atom stereocenters. The van der Waals surface area contributed by atoms with Gasteiger partial charge in [-0.3, -0.25) is 4.79 Å². The van der Waals surface area contributed by atoms with E-state index in [1.54, 1.807) is 29.2 Å². The first-order valence-corrected chi connectivity index (χ1v) is 13.5. The van der Waals surface area contributed by atoms with E-state index in [-0.39, 0.29) is 23.9 Å². The van der Waals surface area contributed by atoms with E-state index in [0.29, 0.717) is 31.2 Å². The maximum absolute atomic E-state index is 13.5. The van der Waals surface area contributed by atoms with E-state index in [1.165, 1.54) is 4.31 Å². The summed E-state index contributed by atoms with van der Waals surface area (Å²) < 4.78 is 29.0. The van der Waals surface area contributed by atoms with Crippen LogP contribution in [0.2, 0.25) is 5.02 Å². The SMILES string of the molecule is O=C(CN(Cc1ccccc1)S(=O)(=O)c1ccc(Br)cc1)N1CCN(c2cccc(Cl)c2)CC1. The summed E-state index contributed by atoms with van der Waals surface area (Å²) in [5, 5.41) is 0.672. The van der Waals surface area contributed by atoms with Gasteiger partial charge in [0.05, 0.1) is 11.4 Å². The second kappa shape index (κ2) is 10.9. The van der Waals surface area contributed by atoms with Crippen LogP contribution in [0.1, 0.15) is 5.56 Å². The minimum absolute atomic E-state index is 0.119. The van der Waals surface area contributed by atoms with Crippen molar-refractivity contribution in [2.45, 2.75) is 11.4 Å². The topological polar surface area (TPSA) is 60.9 Å². The quantitative estimate of drug-likeness (QED) is 0.421. The number of carbonyl (C=O) groups is 1. The van der Waals surface area contributed by atoms with Crippen molar-refractivity contribution in [2.24, 2.45) is 0 Å². The number of nitrogens with zero attached hydrogens (tertiary/aromatic N) is 3. The molecule has 0 radical (unpaired) electrons. The summed E-state index contributed by atoms with van der Waals surface area (Å²) in [6, 6.07) is 23.4. The minimum atomic E-state index is -3.87. The number of rotatable bonds is 7. The highest BCUT2D eigenvalue weighted by atomic mass is 79.9. The second-order valence-electron chi connectivity index (χ2n) is 8.06. The molecule has 9 heteroatoms. The molecule has 0 atom stereocenters. The molecule has 34 heavy (non-hydrogen) atoms. The van der Waals surface area contributed by atoms with E-state index in [2.05, 4.69) is 20.8 Å². The molecule has 0 aromatic heterocycles. The van der Waals surface area contributed by atoms with Crippen LogP contribution in [0.3, 0.4) is 0 Å². The normalized spacial score (nSPS) is 14.4. The summed E-state index contributed by atoms with van der Waals surface area (Å²) in [4.78, 5) is 17.3. The summed E-state index contributed by atoms with van der Waals surface area (Å²) >= 11 is 9.45. The van der Waals surface area contributed by atoms with Crippen LogP contribution in [0.25, 0.3) is 0 Å². The third-order valence-corrected chi connectivity index (χ3v) is 8.34. The molecule has 1 aliphatic rings. The van der Waals surface area contributed by atoms with Crippen molar-refractivity contribution in [3.8, 4) is 0 Å². The molecule has 178 valence electrons. The number of piperazine rings is 1. The predicted molar refractivity (Wildman–Crippen MR) is 138 cm³/mol.